The summed E-state index contributed by atoms with van der Waals surface area (Å²) < 4.78 is 0. The second-order valence-corrected chi connectivity index (χ2v) is 9.99. The SMILES string of the molecule is CCCCCCCCCCCC(=O)N[C@@H](CCC(=O)O)C(=O)[O-].CCCCCCCCCCCC[NH3+]. The minimum absolute atomic E-state index is 0.152. The topological polar surface area (TPSA) is 134 Å². The Labute approximate surface area is 221 Å². The summed E-state index contributed by atoms with van der Waals surface area (Å²) in [6.07, 6.45) is 24.3. The number of rotatable bonds is 25. The molecule has 214 valence electrons. The van der Waals surface area contributed by atoms with E-state index in [1.807, 2.05) is 0 Å². The van der Waals surface area contributed by atoms with Gasteiger partial charge in [-0.15, -0.1) is 0 Å². The van der Waals surface area contributed by atoms with Gasteiger partial charge in [0, 0.05) is 12.8 Å². The minimum atomic E-state index is -1.44. The molecule has 0 saturated heterocycles. The molecule has 0 bridgehead atoms. The Morgan fingerprint density at radius 1 is 0.667 bits per heavy atom. The molecule has 0 unspecified atom stereocenters. The van der Waals surface area contributed by atoms with Crippen LogP contribution in [-0.2, 0) is 14.4 Å². The number of carbonyl (C=O) groups excluding carboxylic acids is 2. The predicted molar refractivity (Wildman–Crippen MR) is 145 cm³/mol. The molecule has 0 spiro atoms. The third-order valence-corrected chi connectivity index (χ3v) is 6.38. The van der Waals surface area contributed by atoms with Gasteiger partial charge in [-0.05, 0) is 25.7 Å². The molecule has 0 aliphatic heterocycles. The fraction of sp³-hybridized carbons (Fsp3) is 0.897. The largest absolute Gasteiger partial charge is 0.548 e. The van der Waals surface area contributed by atoms with E-state index in [1.54, 1.807) is 0 Å². The Hall–Kier alpha value is -1.63. The average molecular weight is 515 g/mol. The Bertz CT molecular complexity index is 504. The predicted octanol–water partition coefficient (Wildman–Crippen LogP) is 5.16. The van der Waals surface area contributed by atoms with Crippen LogP contribution >= 0.6 is 0 Å². The van der Waals surface area contributed by atoms with Crippen LogP contribution in [0.2, 0.25) is 0 Å². The van der Waals surface area contributed by atoms with Crippen LogP contribution in [0.25, 0.3) is 0 Å². The van der Waals surface area contributed by atoms with Crippen molar-refractivity contribution >= 4 is 17.8 Å². The molecular formula is C29H58N2O5. The summed E-state index contributed by atoms with van der Waals surface area (Å²) in [7, 11) is 0. The zero-order valence-electron chi connectivity index (χ0n) is 23.6. The highest BCUT2D eigenvalue weighted by atomic mass is 16.4. The lowest BCUT2D eigenvalue weighted by Gasteiger charge is -2.18. The molecule has 7 nitrogen and oxygen atoms in total. The van der Waals surface area contributed by atoms with Gasteiger partial charge in [-0.2, -0.15) is 0 Å². The van der Waals surface area contributed by atoms with Gasteiger partial charge in [-0.1, -0.05) is 117 Å². The molecule has 0 aromatic carbocycles. The van der Waals surface area contributed by atoms with Crippen LogP contribution in [0.3, 0.4) is 0 Å². The van der Waals surface area contributed by atoms with Crippen LogP contribution in [0.1, 0.15) is 155 Å². The quantitative estimate of drug-likeness (QED) is 0.145. The lowest BCUT2D eigenvalue weighted by atomic mass is 10.1. The van der Waals surface area contributed by atoms with Crippen molar-refractivity contribution < 1.29 is 30.3 Å². The molecule has 0 fully saturated rings. The minimum Gasteiger partial charge on any atom is -0.548 e. The van der Waals surface area contributed by atoms with Gasteiger partial charge in [-0.25, -0.2) is 0 Å². The third-order valence-electron chi connectivity index (χ3n) is 6.38. The van der Waals surface area contributed by atoms with Crippen molar-refractivity contribution in [2.45, 2.75) is 161 Å². The summed E-state index contributed by atoms with van der Waals surface area (Å²) in [6, 6.07) is -1.22. The van der Waals surface area contributed by atoms with E-state index in [0.717, 1.165) is 25.8 Å². The van der Waals surface area contributed by atoms with Crippen LogP contribution in [0.15, 0.2) is 0 Å². The summed E-state index contributed by atoms with van der Waals surface area (Å²) in [5.41, 5.74) is 3.85. The number of carboxylic acid groups (broad SMARTS) is 2. The first kappa shape index (κ1) is 36.5. The standard InChI is InChI=1S/C17H31NO5.C12H27N/c1-2-3-4-5-6-7-8-9-10-11-15(19)18-14(17(22)23)12-13-16(20)21;1-2-3-4-5-6-7-8-9-10-11-12-13/h14H,2-13H2,1H3,(H,18,19)(H,20,21)(H,22,23);2-13H2,1H3/t14-;/m0./s1. The number of amides is 1. The van der Waals surface area contributed by atoms with Crippen molar-refractivity contribution in [2.75, 3.05) is 6.54 Å². The van der Waals surface area contributed by atoms with Gasteiger partial charge in [0.05, 0.1) is 18.6 Å². The van der Waals surface area contributed by atoms with E-state index >= 15 is 0 Å². The fourth-order valence-electron chi connectivity index (χ4n) is 4.04. The second-order valence-electron chi connectivity index (χ2n) is 9.99. The summed E-state index contributed by atoms with van der Waals surface area (Å²) in [5.74, 6) is -2.89. The van der Waals surface area contributed by atoms with Crippen molar-refractivity contribution in [1.82, 2.24) is 5.32 Å². The number of unbranched alkanes of at least 4 members (excludes halogenated alkanes) is 17. The molecule has 0 radical (unpaired) electrons. The third kappa shape index (κ3) is 30.4. The Morgan fingerprint density at radius 2 is 1.06 bits per heavy atom. The molecular weight excluding hydrogens is 456 g/mol. The van der Waals surface area contributed by atoms with E-state index in [9.17, 15) is 19.5 Å². The molecule has 36 heavy (non-hydrogen) atoms. The fourth-order valence-corrected chi connectivity index (χ4v) is 4.04. The van der Waals surface area contributed by atoms with Crippen LogP contribution in [-0.4, -0.2) is 35.5 Å². The van der Waals surface area contributed by atoms with Gasteiger partial charge in [-0.3, -0.25) is 9.59 Å². The van der Waals surface area contributed by atoms with E-state index in [4.69, 9.17) is 5.11 Å². The van der Waals surface area contributed by atoms with Gasteiger partial charge in [0.15, 0.2) is 0 Å². The van der Waals surface area contributed by atoms with E-state index in [2.05, 4.69) is 24.9 Å². The van der Waals surface area contributed by atoms with E-state index in [-0.39, 0.29) is 25.2 Å². The van der Waals surface area contributed by atoms with Crippen LogP contribution < -0.4 is 16.2 Å². The van der Waals surface area contributed by atoms with Crippen LogP contribution in [0, 0.1) is 0 Å². The monoisotopic (exact) mass is 514 g/mol. The Kier molecular flexibility index (Phi) is 30.0. The first-order valence-corrected chi connectivity index (χ1v) is 14.9. The van der Waals surface area contributed by atoms with Crippen LogP contribution in [0.5, 0.6) is 0 Å². The highest BCUT2D eigenvalue weighted by molar-refractivity contribution is 5.83. The molecule has 0 saturated carbocycles. The molecule has 0 aliphatic carbocycles. The zero-order chi connectivity index (χ0) is 27.3. The number of quaternary nitrogens is 1. The molecule has 7 heteroatoms. The average Bonchev–Trinajstić information content (AvgIpc) is 2.84. The summed E-state index contributed by atoms with van der Waals surface area (Å²) in [5, 5.41) is 21.7. The number of nitrogens with one attached hydrogen (secondary N) is 1. The molecule has 0 aliphatic rings. The van der Waals surface area contributed by atoms with Gasteiger partial charge in [0.2, 0.25) is 5.91 Å². The maximum Gasteiger partial charge on any atom is 0.303 e. The molecule has 0 rings (SSSR count). The summed E-state index contributed by atoms with van der Waals surface area (Å²) in [4.78, 5) is 33.0. The van der Waals surface area contributed by atoms with Gasteiger partial charge in [0.1, 0.15) is 0 Å². The van der Waals surface area contributed by atoms with Gasteiger partial charge >= 0.3 is 5.97 Å². The van der Waals surface area contributed by atoms with E-state index in [1.165, 1.54) is 103 Å². The summed E-state index contributed by atoms with van der Waals surface area (Å²) in [6.45, 7) is 5.59. The number of carboxylic acids is 2. The van der Waals surface area contributed by atoms with Crippen molar-refractivity contribution in [2.24, 2.45) is 0 Å². The lowest BCUT2D eigenvalue weighted by Crippen LogP contribution is -2.50. The van der Waals surface area contributed by atoms with Crippen molar-refractivity contribution in [3.63, 3.8) is 0 Å². The van der Waals surface area contributed by atoms with E-state index < -0.39 is 18.0 Å². The zero-order valence-corrected chi connectivity index (χ0v) is 23.6. The lowest BCUT2D eigenvalue weighted by molar-refractivity contribution is -0.368. The maximum atomic E-state index is 11.7. The van der Waals surface area contributed by atoms with Crippen molar-refractivity contribution in [3.05, 3.63) is 0 Å². The van der Waals surface area contributed by atoms with Gasteiger partial charge < -0.3 is 26.1 Å². The number of hydrogen-bond donors (Lipinski definition) is 3. The highest BCUT2D eigenvalue weighted by Crippen LogP contribution is 2.11. The smallest absolute Gasteiger partial charge is 0.303 e. The van der Waals surface area contributed by atoms with E-state index in [0.29, 0.717) is 0 Å². The molecule has 1 amide bonds. The van der Waals surface area contributed by atoms with Crippen LogP contribution in [0.4, 0.5) is 0 Å². The van der Waals surface area contributed by atoms with Gasteiger partial charge in [0.25, 0.3) is 0 Å². The first-order valence-electron chi connectivity index (χ1n) is 14.9. The Morgan fingerprint density at radius 3 is 1.42 bits per heavy atom. The normalized spacial score (nSPS) is 11.4. The molecule has 0 aromatic rings. The maximum absolute atomic E-state index is 11.7. The Balaban J connectivity index is 0. The summed E-state index contributed by atoms with van der Waals surface area (Å²) >= 11 is 0. The molecule has 1 atom stereocenters. The number of hydrogen-bond acceptors (Lipinski definition) is 4. The second kappa shape index (κ2) is 29.6. The molecule has 5 N–H and O–H groups in total. The molecule has 0 heterocycles. The van der Waals surface area contributed by atoms with Crippen molar-refractivity contribution in [1.29, 1.82) is 0 Å². The number of carbonyl (C=O) groups is 3. The number of aliphatic carboxylic acids is 2. The molecule has 0 aromatic heterocycles. The first-order chi connectivity index (χ1) is 17.4. The highest BCUT2D eigenvalue weighted by Gasteiger charge is 2.14. The van der Waals surface area contributed by atoms with Crippen molar-refractivity contribution in [3.8, 4) is 0 Å².